The molecule has 19 heavy (non-hydrogen) atoms. The van der Waals surface area contributed by atoms with Crippen molar-refractivity contribution in [2.75, 3.05) is 5.32 Å². The van der Waals surface area contributed by atoms with Crippen molar-refractivity contribution in [3.8, 4) is 0 Å². The van der Waals surface area contributed by atoms with Gasteiger partial charge in [0, 0.05) is 5.69 Å². The highest BCUT2D eigenvalue weighted by molar-refractivity contribution is 6.06. The molecule has 0 aromatic heterocycles. The number of hydrogen-bond donors (Lipinski definition) is 3. The zero-order valence-corrected chi connectivity index (χ0v) is 9.83. The first-order chi connectivity index (χ1) is 9.09. The maximum atomic E-state index is 11.2. The molecular formula is C14H11NO4. The molecule has 0 heterocycles. The van der Waals surface area contributed by atoms with Gasteiger partial charge in [0.1, 0.15) is 0 Å². The number of hydrogen-bond acceptors (Lipinski definition) is 3. The SMILES string of the molecule is O=C(O)c1cccc(Nc2ccccc2)c1C(=O)O. The lowest BCUT2D eigenvalue weighted by atomic mass is 10.1. The molecule has 0 amide bonds. The highest BCUT2D eigenvalue weighted by Gasteiger charge is 2.19. The fourth-order valence-corrected chi connectivity index (χ4v) is 1.74. The first kappa shape index (κ1) is 12.6. The van der Waals surface area contributed by atoms with Gasteiger partial charge in [-0.3, -0.25) is 0 Å². The van der Waals surface area contributed by atoms with Crippen molar-refractivity contribution in [2.24, 2.45) is 0 Å². The van der Waals surface area contributed by atoms with E-state index in [0.29, 0.717) is 5.69 Å². The van der Waals surface area contributed by atoms with Gasteiger partial charge in [0.25, 0.3) is 0 Å². The second kappa shape index (κ2) is 5.22. The molecule has 0 aliphatic heterocycles. The number of benzene rings is 2. The van der Waals surface area contributed by atoms with Gasteiger partial charge in [-0.15, -0.1) is 0 Å². The van der Waals surface area contributed by atoms with Gasteiger partial charge in [-0.05, 0) is 24.3 Å². The number of para-hydroxylation sites is 1. The molecule has 2 aromatic carbocycles. The van der Waals surface area contributed by atoms with Gasteiger partial charge in [-0.25, -0.2) is 9.59 Å². The van der Waals surface area contributed by atoms with Gasteiger partial charge in [0.15, 0.2) is 0 Å². The minimum atomic E-state index is -1.28. The van der Waals surface area contributed by atoms with E-state index in [0.717, 1.165) is 0 Å². The largest absolute Gasteiger partial charge is 0.478 e. The standard InChI is InChI=1S/C14H11NO4/c16-13(17)10-7-4-8-11(12(10)14(18)19)15-9-5-2-1-3-6-9/h1-8,15H,(H,16,17)(H,18,19). The zero-order chi connectivity index (χ0) is 13.8. The molecule has 2 rings (SSSR count). The molecule has 0 radical (unpaired) electrons. The molecule has 2 aromatic rings. The molecular weight excluding hydrogens is 246 g/mol. The van der Waals surface area contributed by atoms with Crippen LogP contribution in [0.25, 0.3) is 0 Å². The van der Waals surface area contributed by atoms with Crippen molar-refractivity contribution in [3.05, 3.63) is 59.7 Å². The minimum absolute atomic E-state index is 0.242. The lowest BCUT2D eigenvalue weighted by Gasteiger charge is -2.11. The summed E-state index contributed by atoms with van der Waals surface area (Å²) in [5, 5.41) is 21.1. The van der Waals surface area contributed by atoms with Crippen LogP contribution < -0.4 is 5.32 Å². The Balaban J connectivity index is 2.48. The Morgan fingerprint density at radius 3 is 2.11 bits per heavy atom. The van der Waals surface area contributed by atoms with E-state index < -0.39 is 11.9 Å². The van der Waals surface area contributed by atoms with E-state index in [1.165, 1.54) is 18.2 Å². The summed E-state index contributed by atoms with van der Waals surface area (Å²) in [5.74, 6) is -2.55. The number of nitrogens with one attached hydrogen (secondary N) is 1. The fraction of sp³-hybridized carbons (Fsp3) is 0. The average Bonchev–Trinajstić information content (AvgIpc) is 2.39. The summed E-state index contributed by atoms with van der Waals surface area (Å²) in [6, 6.07) is 13.2. The molecule has 0 spiro atoms. The van der Waals surface area contributed by atoms with Gasteiger partial charge in [-0.2, -0.15) is 0 Å². The molecule has 0 fully saturated rings. The lowest BCUT2D eigenvalue weighted by Crippen LogP contribution is -2.10. The van der Waals surface area contributed by atoms with E-state index in [4.69, 9.17) is 5.11 Å². The molecule has 0 aliphatic rings. The van der Waals surface area contributed by atoms with Gasteiger partial charge in [0.2, 0.25) is 0 Å². The maximum Gasteiger partial charge on any atom is 0.338 e. The molecule has 0 aliphatic carbocycles. The van der Waals surface area contributed by atoms with Gasteiger partial charge < -0.3 is 15.5 Å². The molecule has 3 N–H and O–H groups in total. The first-order valence-electron chi connectivity index (χ1n) is 5.51. The smallest absolute Gasteiger partial charge is 0.338 e. The Morgan fingerprint density at radius 1 is 0.842 bits per heavy atom. The van der Waals surface area contributed by atoms with Crippen LogP contribution in [0.15, 0.2) is 48.5 Å². The van der Waals surface area contributed by atoms with Crippen molar-refractivity contribution in [3.63, 3.8) is 0 Å². The highest BCUT2D eigenvalue weighted by atomic mass is 16.4. The summed E-state index contributed by atoms with van der Waals surface area (Å²) in [4.78, 5) is 22.3. The number of anilines is 2. The van der Waals surface area contributed by atoms with Gasteiger partial charge >= 0.3 is 11.9 Å². The number of carboxylic acid groups (broad SMARTS) is 2. The molecule has 96 valence electrons. The summed E-state index contributed by atoms with van der Waals surface area (Å²) in [6.07, 6.45) is 0. The van der Waals surface area contributed by atoms with Crippen molar-refractivity contribution in [1.29, 1.82) is 0 Å². The number of aromatic carboxylic acids is 2. The molecule has 0 unspecified atom stereocenters. The fourth-order valence-electron chi connectivity index (χ4n) is 1.74. The average molecular weight is 257 g/mol. The van der Waals surface area contributed by atoms with Crippen LogP contribution >= 0.6 is 0 Å². The van der Waals surface area contributed by atoms with Crippen LogP contribution in [0.3, 0.4) is 0 Å². The maximum absolute atomic E-state index is 11.2. The van der Waals surface area contributed by atoms with Crippen LogP contribution in [0.2, 0.25) is 0 Å². The molecule has 0 saturated carbocycles. The van der Waals surface area contributed by atoms with Crippen molar-refractivity contribution in [2.45, 2.75) is 0 Å². The lowest BCUT2D eigenvalue weighted by molar-refractivity contribution is 0.0652. The third-order valence-corrected chi connectivity index (χ3v) is 2.56. The van der Waals surface area contributed by atoms with Crippen LogP contribution in [-0.4, -0.2) is 22.2 Å². The third-order valence-electron chi connectivity index (χ3n) is 2.56. The normalized spacial score (nSPS) is 9.89. The van der Waals surface area contributed by atoms with Crippen LogP contribution in [0.4, 0.5) is 11.4 Å². The molecule has 5 heteroatoms. The van der Waals surface area contributed by atoms with Crippen LogP contribution in [0, 0.1) is 0 Å². The predicted molar refractivity (Wildman–Crippen MR) is 70.1 cm³/mol. The highest BCUT2D eigenvalue weighted by Crippen LogP contribution is 2.24. The van der Waals surface area contributed by atoms with Crippen LogP contribution in [0.1, 0.15) is 20.7 Å². The van der Waals surface area contributed by atoms with Crippen molar-refractivity contribution in [1.82, 2.24) is 0 Å². The summed E-state index contributed by atoms with van der Waals surface area (Å²) < 4.78 is 0. The molecule has 0 atom stereocenters. The van der Waals surface area contributed by atoms with Crippen LogP contribution in [-0.2, 0) is 0 Å². The monoisotopic (exact) mass is 257 g/mol. The molecule has 0 bridgehead atoms. The summed E-state index contributed by atoms with van der Waals surface area (Å²) >= 11 is 0. The molecule has 0 saturated heterocycles. The van der Waals surface area contributed by atoms with E-state index in [9.17, 15) is 14.7 Å². The minimum Gasteiger partial charge on any atom is -0.478 e. The number of rotatable bonds is 4. The third kappa shape index (κ3) is 2.71. The Hall–Kier alpha value is -2.82. The van der Waals surface area contributed by atoms with Crippen molar-refractivity contribution >= 4 is 23.3 Å². The van der Waals surface area contributed by atoms with E-state index in [1.54, 1.807) is 24.3 Å². The Morgan fingerprint density at radius 2 is 1.53 bits per heavy atom. The Labute approximate surface area is 109 Å². The zero-order valence-electron chi connectivity index (χ0n) is 9.83. The summed E-state index contributed by atoms with van der Waals surface area (Å²) in [7, 11) is 0. The van der Waals surface area contributed by atoms with E-state index >= 15 is 0 Å². The number of carbonyl (C=O) groups is 2. The van der Waals surface area contributed by atoms with Gasteiger partial charge in [0.05, 0.1) is 16.8 Å². The second-order valence-electron chi connectivity index (χ2n) is 3.83. The quantitative estimate of drug-likeness (QED) is 0.784. The van der Waals surface area contributed by atoms with E-state index in [2.05, 4.69) is 5.32 Å². The topological polar surface area (TPSA) is 86.6 Å². The predicted octanol–water partition coefficient (Wildman–Crippen LogP) is 2.83. The Bertz CT molecular complexity index is 623. The summed E-state index contributed by atoms with van der Waals surface area (Å²) in [5.41, 5.74) is 0.443. The second-order valence-corrected chi connectivity index (χ2v) is 3.83. The van der Waals surface area contributed by atoms with E-state index in [1.807, 2.05) is 6.07 Å². The van der Waals surface area contributed by atoms with Gasteiger partial charge in [-0.1, -0.05) is 24.3 Å². The van der Waals surface area contributed by atoms with Crippen LogP contribution in [0.5, 0.6) is 0 Å². The first-order valence-corrected chi connectivity index (χ1v) is 5.51. The van der Waals surface area contributed by atoms with E-state index in [-0.39, 0.29) is 16.8 Å². The summed E-state index contributed by atoms with van der Waals surface area (Å²) in [6.45, 7) is 0. The Kier molecular flexibility index (Phi) is 3.47. The van der Waals surface area contributed by atoms with Crippen molar-refractivity contribution < 1.29 is 19.8 Å². The number of carboxylic acids is 2. The molecule has 5 nitrogen and oxygen atoms in total.